The molecule has 0 N–H and O–H groups in total. The number of hydrogen-bond acceptors (Lipinski definition) is 5. The van der Waals surface area contributed by atoms with E-state index < -0.39 is 23.4 Å². The van der Waals surface area contributed by atoms with Gasteiger partial charge in [0.05, 0.1) is 11.5 Å². The van der Waals surface area contributed by atoms with E-state index in [2.05, 4.69) is 0 Å². The Hall–Kier alpha value is -2.71. The minimum atomic E-state index is -2.72. The Balaban J connectivity index is 1.69. The minimum absolute atomic E-state index is 0.101. The molecule has 1 saturated carbocycles. The molecule has 1 aromatic carbocycles. The molecule has 188 valence electrons. The van der Waals surface area contributed by atoms with Gasteiger partial charge in [-0.05, 0) is 38.7 Å². The largest absolute Gasteiger partial charge is 0.465 e. The molecule has 1 aliphatic carbocycles. The van der Waals surface area contributed by atoms with Crippen LogP contribution in [0.2, 0.25) is 0 Å². The SMILES string of the molecule is CC(=O)OCC(C)(C)C(=O)N(C1CCC(F)(F)CC1)[C@H]1CCN(C(=O)OCc2ccccc2)C1. The second kappa shape index (κ2) is 10.7. The standard InChI is InChI=1S/C25H34F2N2O5/c1-18(30)34-17-24(2,3)22(31)29(20-9-12-25(26,27)13-10-20)21-11-14-28(15-21)23(32)33-16-19-7-5-4-6-8-19/h4-8,20-21H,9-17H2,1-3H3/t21-/m0/s1. The van der Waals surface area contributed by atoms with Crippen molar-refractivity contribution in [2.45, 2.75) is 77.5 Å². The molecular formula is C25H34F2N2O5. The summed E-state index contributed by atoms with van der Waals surface area (Å²) in [7, 11) is 0. The summed E-state index contributed by atoms with van der Waals surface area (Å²) in [6.45, 7) is 5.38. The lowest BCUT2D eigenvalue weighted by molar-refractivity contribution is -0.156. The van der Waals surface area contributed by atoms with E-state index in [1.165, 1.54) is 6.92 Å². The van der Waals surface area contributed by atoms with E-state index in [0.717, 1.165) is 5.56 Å². The molecule has 7 nitrogen and oxygen atoms in total. The third-order valence-corrected chi connectivity index (χ3v) is 6.55. The van der Waals surface area contributed by atoms with Gasteiger partial charge < -0.3 is 19.3 Å². The highest BCUT2D eigenvalue weighted by Crippen LogP contribution is 2.38. The molecule has 2 amide bonds. The average molecular weight is 481 g/mol. The topological polar surface area (TPSA) is 76.2 Å². The summed E-state index contributed by atoms with van der Waals surface area (Å²) in [5.74, 6) is -3.46. The molecule has 1 atom stereocenters. The summed E-state index contributed by atoms with van der Waals surface area (Å²) < 4.78 is 38.2. The zero-order valence-corrected chi connectivity index (χ0v) is 20.1. The molecule has 0 aromatic heterocycles. The van der Waals surface area contributed by atoms with Crippen molar-refractivity contribution < 1.29 is 32.6 Å². The van der Waals surface area contributed by atoms with Gasteiger partial charge >= 0.3 is 12.1 Å². The van der Waals surface area contributed by atoms with Gasteiger partial charge in [0.1, 0.15) is 13.2 Å². The van der Waals surface area contributed by atoms with Crippen LogP contribution in [0, 0.1) is 5.41 Å². The smallest absolute Gasteiger partial charge is 0.410 e. The summed E-state index contributed by atoms with van der Waals surface area (Å²) in [6, 6.07) is 8.67. The number of benzene rings is 1. The molecule has 1 aromatic rings. The number of nitrogens with zero attached hydrogens (tertiary/aromatic N) is 2. The zero-order chi connectivity index (χ0) is 24.9. The van der Waals surface area contributed by atoms with Crippen molar-refractivity contribution in [3.05, 3.63) is 35.9 Å². The van der Waals surface area contributed by atoms with Gasteiger partial charge in [0.15, 0.2) is 0 Å². The van der Waals surface area contributed by atoms with E-state index in [-0.39, 0.29) is 63.4 Å². The van der Waals surface area contributed by atoms with Gasteiger partial charge in [0.2, 0.25) is 11.8 Å². The van der Waals surface area contributed by atoms with E-state index in [9.17, 15) is 23.2 Å². The van der Waals surface area contributed by atoms with Crippen LogP contribution < -0.4 is 0 Å². The number of amides is 2. The van der Waals surface area contributed by atoms with Gasteiger partial charge in [-0.2, -0.15) is 0 Å². The monoisotopic (exact) mass is 480 g/mol. The first kappa shape index (κ1) is 25.9. The lowest BCUT2D eigenvalue weighted by Crippen LogP contribution is -2.55. The van der Waals surface area contributed by atoms with Crippen molar-refractivity contribution in [2.24, 2.45) is 5.41 Å². The minimum Gasteiger partial charge on any atom is -0.465 e. The average Bonchev–Trinajstić information content (AvgIpc) is 3.28. The highest BCUT2D eigenvalue weighted by atomic mass is 19.3. The van der Waals surface area contributed by atoms with Gasteiger partial charge in [-0.3, -0.25) is 9.59 Å². The fourth-order valence-corrected chi connectivity index (χ4v) is 4.57. The lowest BCUT2D eigenvalue weighted by Gasteiger charge is -2.43. The number of rotatable bonds is 7. The van der Waals surface area contributed by atoms with Crippen LogP contribution in [0.5, 0.6) is 0 Å². The van der Waals surface area contributed by atoms with E-state index in [4.69, 9.17) is 9.47 Å². The first-order valence-electron chi connectivity index (χ1n) is 11.8. The van der Waals surface area contributed by atoms with Crippen LogP contribution in [0.25, 0.3) is 0 Å². The molecule has 1 saturated heterocycles. The van der Waals surface area contributed by atoms with Crippen molar-refractivity contribution >= 4 is 18.0 Å². The number of esters is 1. The first-order chi connectivity index (χ1) is 16.0. The van der Waals surface area contributed by atoms with Crippen LogP contribution in [0.15, 0.2) is 30.3 Å². The van der Waals surface area contributed by atoms with Crippen molar-refractivity contribution in [3.63, 3.8) is 0 Å². The Morgan fingerprint density at radius 2 is 1.71 bits per heavy atom. The molecule has 1 heterocycles. The van der Waals surface area contributed by atoms with Gasteiger partial charge in [0, 0.05) is 38.9 Å². The van der Waals surface area contributed by atoms with Crippen LogP contribution >= 0.6 is 0 Å². The third kappa shape index (κ3) is 6.67. The summed E-state index contributed by atoms with van der Waals surface area (Å²) in [6.07, 6.45) is -0.103. The van der Waals surface area contributed by atoms with Crippen molar-refractivity contribution in [1.29, 1.82) is 0 Å². The number of alkyl halides is 2. The second-order valence-corrected chi connectivity index (χ2v) is 9.89. The number of halogens is 2. The second-order valence-electron chi connectivity index (χ2n) is 9.89. The molecule has 0 unspecified atom stereocenters. The fourth-order valence-electron chi connectivity index (χ4n) is 4.57. The molecule has 9 heteroatoms. The maximum absolute atomic E-state index is 13.8. The summed E-state index contributed by atoms with van der Waals surface area (Å²) in [5, 5.41) is 0. The van der Waals surface area contributed by atoms with Crippen LogP contribution in [0.4, 0.5) is 13.6 Å². The molecular weight excluding hydrogens is 446 g/mol. The first-order valence-corrected chi connectivity index (χ1v) is 11.8. The van der Waals surface area contributed by atoms with Crippen LogP contribution in [-0.2, 0) is 25.7 Å². The van der Waals surface area contributed by atoms with Gasteiger partial charge in [0.25, 0.3) is 0 Å². The van der Waals surface area contributed by atoms with E-state index in [1.54, 1.807) is 23.6 Å². The van der Waals surface area contributed by atoms with Gasteiger partial charge in [-0.25, -0.2) is 13.6 Å². The van der Waals surface area contributed by atoms with Gasteiger partial charge in [-0.15, -0.1) is 0 Å². The summed E-state index contributed by atoms with van der Waals surface area (Å²) in [4.78, 5) is 40.8. The normalized spacial score (nSPS) is 20.6. The number of carbonyl (C=O) groups is 3. The molecule has 2 aliphatic rings. The molecule has 0 radical (unpaired) electrons. The lowest BCUT2D eigenvalue weighted by atomic mass is 9.86. The summed E-state index contributed by atoms with van der Waals surface area (Å²) in [5.41, 5.74) is -0.147. The predicted octanol–water partition coefficient (Wildman–Crippen LogP) is 4.39. The molecule has 0 spiro atoms. The molecule has 2 fully saturated rings. The van der Waals surface area contributed by atoms with Gasteiger partial charge in [-0.1, -0.05) is 30.3 Å². The van der Waals surface area contributed by atoms with Crippen LogP contribution in [0.1, 0.15) is 58.4 Å². The zero-order valence-electron chi connectivity index (χ0n) is 20.1. The van der Waals surface area contributed by atoms with E-state index in [0.29, 0.717) is 13.0 Å². The van der Waals surface area contributed by atoms with Crippen LogP contribution in [0.3, 0.4) is 0 Å². The molecule has 3 rings (SSSR count). The number of ether oxygens (including phenoxy) is 2. The van der Waals surface area contributed by atoms with Crippen LogP contribution in [-0.4, -0.2) is 65.5 Å². The maximum atomic E-state index is 13.8. The number of hydrogen-bond donors (Lipinski definition) is 0. The number of likely N-dealkylation sites (tertiary alicyclic amines) is 1. The number of carbonyl (C=O) groups excluding carboxylic acids is 3. The molecule has 34 heavy (non-hydrogen) atoms. The molecule has 0 bridgehead atoms. The maximum Gasteiger partial charge on any atom is 0.410 e. The van der Waals surface area contributed by atoms with Crippen molar-refractivity contribution in [3.8, 4) is 0 Å². The molecule has 1 aliphatic heterocycles. The van der Waals surface area contributed by atoms with E-state index in [1.807, 2.05) is 30.3 Å². The Bertz CT molecular complexity index is 867. The Morgan fingerprint density at radius 3 is 2.32 bits per heavy atom. The Morgan fingerprint density at radius 1 is 1.06 bits per heavy atom. The third-order valence-electron chi connectivity index (χ3n) is 6.55. The Labute approximate surface area is 199 Å². The highest BCUT2D eigenvalue weighted by molar-refractivity contribution is 5.83. The predicted molar refractivity (Wildman–Crippen MR) is 121 cm³/mol. The quantitative estimate of drug-likeness (QED) is 0.541. The highest BCUT2D eigenvalue weighted by Gasteiger charge is 2.46. The van der Waals surface area contributed by atoms with Crippen molar-refractivity contribution in [2.75, 3.05) is 19.7 Å². The fraction of sp³-hybridized carbons (Fsp3) is 0.640. The van der Waals surface area contributed by atoms with Crippen molar-refractivity contribution in [1.82, 2.24) is 9.80 Å². The van der Waals surface area contributed by atoms with E-state index >= 15 is 0 Å². The summed E-state index contributed by atoms with van der Waals surface area (Å²) >= 11 is 0. The Kier molecular flexibility index (Phi) is 8.15.